The molecule has 0 radical (unpaired) electrons. The van der Waals surface area contributed by atoms with Crippen molar-refractivity contribution in [2.45, 2.75) is 67.0 Å². The van der Waals surface area contributed by atoms with Gasteiger partial charge in [-0.25, -0.2) is 0 Å². The molecule has 4 nitrogen and oxygen atoms in total. The lowest BCUT2D eigenvalue weighted by Crippen LogP contribution is -2.09. The molecule has 0 aliphatic heterocycles. The van der Waals surface area contributed by atoms with Crippen LogP contribution in [0.15, 0.2) is 167 Å². The fourth-order valence-corrected chi connectivity index (χ4v) is 9.68. The Hall–Kier alpha value is -7.30. The van der Waals surface area contributed by atoms with Crippen LogP contribution in [-0.2, 0) is 0 Å². The summed E-state index contributed by atoms with van der Waals surface area (Å²) in [6.07, 6.45) is 0. The molecule has 2 aromatic heterocycles. The summed E-state index contributed by atoms with van der Waals surface area (Å²) in [5.41, 5.74) is 12.0. The molecule has 2 heterocycles. The average Bonchev–Trinajstić information content (AvgIpc) is 3.91. The van der Waals surface area contributed by atoms with Crippen molar-refractivity contribution in [1.82, 2.24) is 0 Å². The van der Waals surface area contributed by atoms with Crippen molar-refractivity contribution < 1.29 is 21.2 Å². The first-order chi connectivity index (χ1) is 34.6. The second-order valence-corrected chi connectivity index (χ2v) is 17.7. The van der Waals surface area contributed by atoms with Crippen molar-refractivity contribution in [2.24, 2.45) is 0 Å². The van der Waals surface area contributed by atoms with Crippen molar-refractivity contribution in [3.05, 3.63) is 191 Å². The smallest absolute Gasteiger partial charge is 0.178 e. The van der Waals surface area contributed by atoms with E-state index in [0.717, 1.165) is 77.0 Å². The molecule has 0 aliphatic carbocycles. The molecular weight excluding hydrogens is 781 g/mol. The molecule has 0 atom stereocenters. The zero-order chi connectivity index (χ0) is 51.5. The third-order valence-electron chi connectivity index (χ3n) is 12.6. The molecule has 64 heavy (non-hydrogen) atoms. The van der Waals surface area contributed by atoms with Crippen LogP contribution in [0.25, 0.3) is 65.4 Å². The molecule has 0 spiro atoms. The van der Waals surface area contributed by atoms with E-state index >= 15 is 0 Å². The van der Waals surface area contributed by atoms with E-state index in [1.165, 1.54) is 11.1 Å². The van der Waals surface area contributed by atoms with Crippen LogP contribution in [0.2, 0.25) is 0 Å². The highest BCUT2D eigenvalue weighted by molar-refractivity contribution is 6.24. The SMILES string of the molecule is [2H]C([2H])([2H])c1ccc(N(c2ccc(C)cc2)c2ccc3cc4c(cc3c2)oc2c3oc5cc6cc(N(c7ccc(C([2H])([2H])[2H])cc7)c7ccc(C([2H])([2H])[2H])cc7)ccc6cc5c3c(C(C)C)c(C(C)C)c42)cc1. The van der Waals surface area contributed by atoms with Gasteiger partial charge in [-0.05, 0) is 169 Å². The molecule has 0 amide bonds. The van der Waals surface area contributed by atoms with Crippen LogP contribution in [0, 0.1) is 27.5 Å². The zero-order valence-electron chi connectivity index (χ0n) is 45.4. The quantitative estimate of drug-likeness (QED) is 0.153. The summed E-state index contributed by atoms with van der Waals surface area (Å²) in [6, 6.07) is 50.1. The molecule has 0 N–H and O–H groups in total. The first-order valence-corrected chi connectivity index (χ1v) is 21.9. The lowest BCUT2D eigenvalue weighted by molar-refractivity contribution is 0.632. The maximum absolute atomic E-state index is 7.96. The number of benzene rings is 9. The molecule has 11 rings (SSSR count). The molecule has 0 saturated carbocycles. The van der Waals surface area contributed by atoms with Gasteiger partial charge in [0.05, 0.1) is 0 Å². The monoisotopic (exact) mass is 841 g/mol. The lowest BCUT2D eigenvalue weighted by atomic mass is 9.84. The largest absolute Gasteiger partial charge is 0.452 e. The molecule has 314 valence electrons. The molecule has 11 aromatic rings. The Morgan fingerprint density at radius 2 is 0.703 bits per heavy atom. The van der Waals surface area contributed by atoms with E-state index in [-0.39, 0.29) is 28.5 Å². The van der Waals surface area contributed by atoms with Gasteiger partial charge in [0.1, 0.15) is 11.2 Å². The summed E-state index contributed by atoms with van der Waals surface area (Å²) in [5.74, 6) is 0.282. The van der Waals surface area contributed by atoms with Crippen molar-refractivity contribution in [3.8, 4) is 0 Å². The highest BCUT2D eigenvalue weighted by Gasteiger charge is 2.28. The van der Waals surface area contributed by atoms with Crippen molar-refractivity contribution >= 4 is 99.5 Å². The van der Waals surface area contributed by atoms with Crippen LogP contribution < -0.4 is 9.80 Å². The van der Waals surface area contributed by atoms with Crippen LogP contribution in [-0.4, -0.2) is 0 Å². The Bertz CT molecular complexity index is 3860. The van der Waals surface area contributed by atoms with Gasteiger partial charge in [-0.2, -0.15) is 0 Å². The summed E-state index contributed by atoms with van der Waals surface area (Å²) in [7, 11) is 0. The molecular formula is C60H52N2O2. The van der Waals surface area contributed by atoms with Gasteiger partial charge in [-0.15, -0.1) is 0 Å². The van der Waals surface area contributed by atoms with Crippen molar-refractivity contribution in [3.63, 3.8) is 0 Å². The topological polar surface area (TPSA) is 32.8 Å². The predicted molar refractivity (Wildman–Crippen MR) is 273 cm³/mol. The summed E-state index contributed by atoms with van der Waals surface area (Å²) in [5, 5.41) is 8.00. The highest BCUT2D eigenvalue weighted by atomic mass is 16.4. The van der Waals surface area contributed by atoms with E-state index in [1.54, 1.807) is 60.7 Å². The fraction of sp³-hybridized carbons (Fsp3) is 0.167. The molecule has 0 saturated heterocycles. The number of hydrogen-bond acceptors (Lipinski definition) is 4. The maximum Gasteiger partial charge on any atom is 0.178 e. The van der Waals surface area contributed by atoms with Crippen LogP contribution in [0.3, 0.4) is 0 Å². The number of rotatable bonds is 8. The summed E-state index contributed by atoms with van der Waals surface area (Å²) >= 11 is 0. The minimum absolute atomic E-state index is 0.139. The molecule has 0 unspecified atom stereocenters. The van der Waals surface area contributed by atoms with Crippen LogP contribution in [0.5, 0.6) is 0 Å². The van der Waals surface area contributed by atoms with E-state index < -0.39 is 20.6 Å². The van der Waals surface area contributed by atoms with Gasteiger partial charge in [0, 0.05) is 68.0 Å². The third-order valence-corrected chi connectivity index (χ3v) is 12.6. The van der Waals surface area contributed by atoms with Crippen molar-refractivity contribution in [2.75, 3.05) is 9.80 Å². The molecule has 0 aliphatic rings. The van der Waals surface area contributed by atoms with E-state index in [9.17, 15) is 0 Å². The lowest BCUT2D eigenvalue weighted by Gasteiger charge is -2.26. The summed E-state index contributed by atoms with van der Waals surface area (Å²) in [6.45, 7) is 4.25. The molecule has 0 bridgehead atoms. The van der Waals surface area contributed by atoms with Gasteiger partial charge in [-0.1, -0.05) is 111 Å². The molecule has 4 heteroatoms. The number of anilines is 6. The number of nitrogens with zero attached hydrogens (tertiary/aromatic N) is 2. The minimum Gasteiger partial charge on any atom is -0.452 e. The summed E-state index contributed by atoms with van der Waals surface area (Å²) < 4.78 is 85.7. The van der Waals surface area contributed by atoms with E-state index in [1.807, 2.05) is 23.1 Å². The van der Waals surface area contributed by atoms with Gasteiger partial charge in [0.15, 0.2) is 11.2 Å². The number of fused-ring (bicyclic) bond motifs is 9. The molecule has 0 fully saturated rings. The van der Waals surface area contributed by atoms with Gasteiger partial charge < -0.3 is 18.6 Å². The second-order valence-electron chi connectivity index (χ2n) is 17.7. The Kier molecular flexibility index (Phi) is 7.29. The molecule has 9 aromatic carbocycles. The number of hydrogen-bond donors (Lipinski definition) is 0. The average molecular weight is 842 g/mol. The van der Waals surface area contributed by atoms with Gasteiger partial charge >= 0.3 is 0 Å². The first-order valence-electron chi connectivity index (χ1n) is 26.4. The van der Waals surface area contributed by atoms with Gasteiger partial charge in [0.25, 0.3) is 0 Å². The van der Waals surface area contributed by atoms with E-state index in [4.69, 9.17) is 21.2 Å². The van der Waals surface area contributed by atoms with Crippen LogP contribution >= 0.6 is 0 Å². The van der Waals surface area contributed by atoms with E-state index in [2.05, 4.69) is 118 Å². The van der Waals surface area contributed by atoms with Gasteiger partial charge in [0.2, 0.25) is 0 Å². The normalized spacial score (nSPS) is 14.7. The van der Waals surface area contributed by atoms with E-state index in [0.29, 0.717) is 28.1 Å². The number of furan rings is 2. The summed E-state index contributed by atoms with van der Waals surface area (Å²) in [4.78, 5) is 4.13. The minimum atomic E-state index is -2.27. The maximum atomic E-state index is 7.96. The first kappa shape index (κ1) is 30.7. The Balaban J connectivity index is 1.08. The predicted octanol–water partition coefficient (Wildman–Crippen LogP) is 18.2. The third kappa shape index (κ3) is 6.59. The van der Waals surface area contributed by atoms with Crippen molar-refractivity contribution in [1.29, 1.82) is 0 Å². The second kappa shape index (κ2) is 15.2. The Morgan fingerprint density at radius 3 is 1.03 bits per heavy atom. The zero-order valence-corrected chi connectivity index (χ0v) is 36.4. The van der Waals surface area contributed by atoms with Crippen LogP contribution in [0.4, 0.5) is 34.1 Å². The number of aryl methyl sites for hydroxylation is 4. The highest BCUT2D eigenvalue weighted by Crippen LogP contribution is 2.49. The van der Waals surface area contributed by atoms with Gasteiger partial charge in [-0.3, -0.25) is 0 Å². The standard InChI is InChI=1S/C60H52N2O2/c1-35(2)55-56(36(3)4)58-52-32-42-18-28-50(62(47-23-13-39(7)14-24-47)48-25-15-40(8)16-26-48)30-44(42)34-54(52)64-60(58)59-57(55)51-31-41-17-27-49(29-43(41)33-53(51)63-59)61(45-19-9-37(5)10-20-45)46-21-11-38(6)12-22-46/h9-36H,1-8H3/i5D3,6D3,7D3. The Morgan fingerprint density at radius 1 is 0.375 bits per heavy atom. The van der Waals surface area contributed by atoms with Crippen LogP contribution in [0.1, 0.15) is 85.2 Å². The Labute approximate surface area is 387 Å². The fourth-order valence-electron chi connectivity index (χ4n) is 9.68.